The molecule has 0 spiro atoms. The van der Waals surface area contributed by atoms with Gasteiger partial charge in [-0.05, 0) is 98.7 Å². The van der Waals surface area contributed by atoms with Crippen molar-refractivity contribution in [2.75, 3.05) is 27.3 Å². The van der Waals surface area contributed by atoms with Crippen molar-refractivity contribution >= 4 is 46.2 Å². The maximum absolute atomic E-state index is 16.9. The smallest absolute Gasteiger partial charge is 0.407 e. The number of thiophene rings is 1. The largest absolute Gasteiger partial charge is 0.464 e. The average Bonchev–Trinajstić information content (AvgIpc) is 4.05. The monoisotopic (exact) mass is 945 g/mol. The highest BCUT2D eigenvalue weighted by molar-refractivity contribution is 7.12. The summed E-state index contributed by atoms with van der Waals surface area (Å²) in [5, 5.41) is 6.29. The van der Waals surface area contributed by atoms with Gasteiger partial charge in [0, 0.05) is 34.5 Å². The van der Waals surface area contributed by atoms with Gasteiger partial charge in [-0.1, -0.05) is 33.8 Å². The molecule has 4 aliphatic rings. The van der Waals surface area contributed by atoms with E-state index in [2.05, 4.69) is 43.4 Å². The maximum atomic E-state index is 16.9. The average molecular weight is 946 g/mol. The number of benzene rings is 2. The SMILES string of the molecule is COC(=O)NC(C(=O)N1CCCC1c1ncc(-c2cc(F)c3c(c2)OC(c2ccc(C4CC4)s2)n2c-3cc3cc(-c4cnc(C5CCCN5C(=O)C(NC(=O)OC)C(C)C)[nH]4)ccc32)[nH]1)C(C)C. The van der Waals surface area contributed by atoms with Crippen LogP contribution in [0.5, 0.6) is 5.75 Å². The lowest BCUT2D eigenvalue weighted by atomic mass is 10.0. The molecular formula is C50H56FN9O7S. The van der Waals surface area contributed by atoms with Crippen molar-refractivity contribution in [2.45, 2.75) is 103 Å². The third kappa shape index (κ3) is 8.25. The van der Waals surface area contributed by atoms with E-state index >= 15 is 4.39 Å². The molecule has 5 unspecified atom stereocenters. The Morgan fingerprint density at radius 2 is 1.32 bits per heavy atom. The van der Waals surface area contributed by atoms with Crippen LogP contribution in [0.2, 0.25) is 0 Å². The molecule has 4 N–H and O–H groups in total. The Labute approximate surface area is 396 Å². The number of ether oxygens (including phenoxy) is 3. The molecule has 16 nitrogen and oxygen atoms in total. The second kappa shape index (κ2) is 18.1. The zero-order valence-electron chi connectivity index (χ0n) is 38.9. The Morgan fingerprint density at radius 3 is 1.88 bits per heavy atom. The van der Waals surface area contributed by atoms with Crippen molar-refractivity contribution in [2.24, 2.45) is 11.8 Å². The van der Waals surface area contributed by atoms with Crippen LogP contribution in [-0.2, 0) is 19.1 Å². The number of nitrogens with zero attached hydrogens (tertiary/aromatic N) is 5. The number of amides is 4. The Balaban J connectivity index is 0.963. The zero-order valence-corrected chi connectivity index (χ0v) is 39.7. The predicted molar refractivity (Wildman–Crippen MR) is 253 cm³/mol. The number of rotatable bonds is 12. The topological polar surface area (TPSA) is 189 Å². The summed E-state index contributed by atoms with van der Waals surface area (Å²) < 4.78 is 35.5. The minimum Gasteiger partial charge on any atom is -0.464 e. The van der Waals surface area contributed by atoms with Crippen molar-refractivity contribution < 1.29 is 37.8 Å². The standard InChI is InChI=1S/C50H56FN9O7S/c1-25(2)42(56-49(63)65-5)46(61)58-17-7-9-35(58)44-52-23-32(54-44)28-13-14-34-30(19-28)21-37-41-31(51)20-29(22-38(41)67-48(60(34)37)40-16-15-39(68-40)27-11-12-27)33-24-53-45(55-33)36-10-8-18-59(36)47(62)43(26(3)4)57-50(64)66-6/h13-16,19-27,35-36,42-43,48H,7-12,17-18H2,1-6H3,(H,52,54)(H,53,55)(H,56,63)(H,57,64). The summed E-state index contributed by atoms with van der Waals surface area (Å²) in [5.74, 6) is 1.04. The summed E-state index contributed by atoms with van der Waals surface area (Å²) in [6, 6.07) is 13.6. The summed E-state index contributed by atoms with van der Waals surface area (Å²) in [4.78, 5) is 74.1. The molecule has 3 aliphatic heterocycles. The molecule has 1 saturated carbocycles. The molecule has 7 heterocycles. The van der Waals surface area contributed by atoms with E-state index in [-0.39, 0.29) is 35.7 Å². The van der Waals surface area contributed by atoms with Gasteiger partial charge in [-0.15, -0.1) is 11.3 Å². The molecular weight excluding hydrogens is 890 g/mol. The first kappa shape index (κ1) is 45.1. The summed E-state index contributed by atoms with van der Waals surface area (Å²) in [6.45, 7) is 8.59. The number of halogens is 1. The third-order valence-corrected chi connectivity index (χ3v) is 15.1. The molecule has 1 aliphatic carbocycles. The molecule has 5 atom stereocenters. The van der Waals surface area contributed by atoms with E-state index < -0.39 is 36.3 Å². The molecule has 10 rings (SSSR count). The lowest BCUT2D eigenvalue weighted by Gasteiger charge is -2.30. The van der Waals surface area contributed by atoms with Gasteiger partial charge in [-0.2, -0.15) is 0 Å². The van der Waals surface area contributed by atoms with Crippen molar-refractivity contribution in [3.05, 3.63) is 88.1 Å². The number of aromatic amines is 2. The molecule has 6 aromatic rings. The number of hydrogen-bond acceptors (Lipinski definition) is 10. The molecule has 0 radical (unpaired) electrons. The van der Waals surface area contributed by atoms with Crippen LogP contribution < -0.4 is 15.4 Å². The van der Waals surface area contributed by atoms with E-state index in [9.17, 15) is 19.2 Å². The summed E-state index contributed by atoms with van der Waals surface area (Å²) in [7, 11) is 2.55. The van der Waals surface area contributed by atoms with Gasteiger partial charge in [0.05, 0.1) is 71.7 Å². The number of hydrogen-bond donors (Lipinski definition) is 4. The van der Waals surface area contributed by atoms with Crippen molar-refractivity contribution in [3.8, 4) is 39.5 Å². The first-order chi connectivity index (χ1) is 32.8. The number of methoxy groups -OCH3 is 2. The zero-order chi connectivity index (χ0) is 47.5. The quantitative estimate of drug-likeness (QED) is 0.0927. The van der Waals surface area contributed by atoms with Crippen LogP contribution in [0.15, 0.2) is 60.9 Å². The Kier molecular flexibility index (Phi) is 12.0. The van der Waals surface area contributed by atoms with Crippen LogP contribution in [0, 0.1) is 17.7 Å². The number of nitrogens with one attached hydrogen (secondary N) is 4. The van der Waals surface area contributed by atoms with Crippen molar-refractivity contribution in [1.29, 1.82) is 0 Å². The molecule has 4 amide bonds. The molecule has 3 fully saturated rings. The van der Waals surface area contributed by atoms with E-state index in [0.717, 1.165) is 46.3 Å². The fraction of sp³-hybridized carbons (Fsp3) is 0.440. The summed E-state index contributed by atoms with van der Waals surface area (Å²) in [6.07, 6.45) is 6.87. The van der Waals surface area contributed by atoms with Gasteiger partial charge < -0.3 is 44.6 Å². The fourth-order valence-corrected chi connectivity index (χ4v) is 11.3. The number of carbonyl (C=O) groups is 4. The number of imidazole rings is 2. The second-order valence-electron chi connectivity index (χ2n) is 18.9. The molecule has 18 heteroatoms. The van der Waals surface area contributed by atoms with Crippen LogP contribution in [-0.4, -0.2) is 97.7 Å². The van der Waals surface area contributed by atoms with Crippen LogP contribution >= 0.6 is 11.3 Å². The van der Waals surface area contributed by atoms with Gasteiger partial charge in [0.2, 0.25) is 18.0 Å². The number of likely N-dealkylation sites (tertiary alicyclic amines) is 2. The number of fused-ring (bicyclic) bond motifs is 5. The van der Waals surface area contributed by atoms with E-state index in [1.54, 1.807) is 33.5 Å². The van der Waals surface area contributed by atoms with Gasteiger partial charge in [0.15, 0.2) is 0 Å². The minimum atomic E-state index is -0.768. The highest BCUT2D eigenvalue weighted by Gasteiger charge is 2.40. The molecule has 2 aromatic carbocycles. The summed E-state index contributed by atoms with van der Waals surface area (Å²) >= 11 is 1.73. The van der Waals surface area contributed by atoms with Crippen LogP contribution in [0.1, 0.15) is 112 Å². The Hall–Kier alpha value is -6.69. The van der Waals surface area contributed by atoms with Gasteiger partial charge in [-0.3, -0.25) is 14.2 Å². The summed E-state index contributed by atoms with van der Waals surface area (Å²) in [5.41, 5.74) is 4.70. The highest BCUT2D eigenvalue weighted by atomic mass is 32.1. The first-order valence-electron chi connectivity index (χ1n) is 23.5. The lowest BCUT2D eigenvalue weighted by Crippen LogP contribution is -2.51. The van der Waals surface area contributed by atoms with E-state index in [1.807, 2.05) is 52.0 Å². The molecule has 0 bridgehead atoms. The third-order valence-electron chi connectivity index (χ3n) is 13.8. The van der Waals surface area contributed by atoms with Gasteiger partial charge >= 0.3 is 12.2 Å². The van der Waals surface area contributed by atoms with E-state index in [4.69, 9.17) is 24.2 Å². The fourth-order valence-electron chi connectivity index (χ4n) is 10.1. The number of carbonyl (C=O) groups excluding carboxylic acids is 4. The maximum Gasteiger partial charge on any atom is 0.407 e. The highest BCUT2D eigenvalue weighted by Crippen LogP contribution is 2.50. The lowest BCUT2D eigenvalue weighted by molar-refractivity contribution is -0.136. The Morgan fingerprint density at radius 1 is 0.750 bits per heavy atom. The number of alkyl carbamates (subject to hydrolysis) is 2. The first-order valence-corrected chi connectivity index (χ1v) is 24.3. The van der Waals surface area contributed by atoms with Gasteiger partial charge in [0.1, 0.15) is 35.3 Å². The molecule has 4 aromatic heterocycles. The number of aromatic nitrogens is 5. The Bertz CT molecular complexity index is 2910. The van der Waals surface area contributed by atoms with E-state index in [0.29, 0.717) is 65.3 Å². The van der Waals surface area contributed by atoms with Crippen LogP contribution in [0.3, 0.4) is 0 Å². The predicted octanol–water partition coefficient (Wildman–Crippen LogP) is 9.19. The normalized spacial score (nSPS) is 19.8. The van der Waals surface area contributed by atoms with Gasteiger partial charge in [0.25, 0.3) is 0 Å². The van der Waals surface area contributed by atoms with Crippen molar-refractivity contribution in [1.82, 2.24) is 44.9 Å². The number of H-pyrrole nitrogens is 2. The van der Waals surface area contributed by atoms with Gasteiger partial charge in [-0.25, -0.2) is 23.9 Å². The van der Waals surface area contributed by atoms with Crippen molar-refractivity contribution in [3.63, 3.8) is 0 Å². The molecule has 2 saturated heterocycles. The molecule has 68 heavy (non-hydrogen) atoms. The van der Waals surface area contributed by atoms with Crippen LogP contribution in [0.4, 0.5) is 14.0 Å². The minimum absolute atomic E-state index is 0.149. The van der Waals surface area contributed by atoms with Crippen LogP contribution in [0.25, 0.3) is 44.7 Å². The second-order valence-corrected chi connectivity index (χ2v) is 20.1. The molecule has 356 valence electrons. The van der Waals surface area contributed by atoms with E-state index in [1.165, 1.54) is 38.0 Å².